The molecular formula is C16H20ClNO4. The van der Waals surface area contributed by atoms with Crippen molar-refractivity contribution in [3.05, 3.63) is 35.9 Å². The zero-order valence-corrected chi connectivity index (χ0v) is 13.9. The molecule has 2 amide bonds. The lowest BCUT2D eigenvalue weighted by Crippen LogP contribution is -2.49. The summed E-state index contributed by atoms with van der Waals surface area (Å²) in [6.07, 6.45) is 0. The number of benzene rings is 1. The molecule has 1 aromatic rings. The van der Waals surface area contributed by atoms with Gasteiger partial charge in [0.25, 0.3) is 5.91 Å². The molecule has 0 heterocycles. The smallest absolute Gasteiger partial charge is 0.329 e. The quantitative estimate of drug-likeness (QED) is 0.630. The van der Waals surface area contributed by atoms with Crippen LogP contribution >= 0.6 is 11.6 Å². The van der Waals surface area contributed by atoms with E-state index in [4.69, 9.17) is 16.3 Å². The van der Waals surface area contributed by atoms with Gasteiger partial charge in [-0.3, -0.25) is 14.5 Å². The zero-order chi connectivity index (χ0) is 16.9. The van der Waals surface area contributed by atoms with E-state index in [2.05, 4.69) is 0 Å². The van der Waals surface area contributed by atoms with Crippen LogP contribution in [-0.2, 0) is 14.3 Å². The maximum Gasteiger partial charge on any atom is 0.329 e. The number of carbonyl (C=O) groups excluding carboxylic acids is 3. The first kappa shape index (κ1) is 18.2. The third-order valence-electron chi connectivity index (χ3n) is 2.76. The van der Waals surface area contributed by atoms with Crippen molar-refractivity contribution in [1.29, 1.82) is 0 Å². The molecule has 0 saturated heterocycles. The minimum absolute atomic E-state index is 0.302. The van der Waals surface area contributed by atoms with Crippen LogP contribution in [0.3, 0.4) is 0 Å². The molecule has 0 bridgehead atoms. The van der Waals surface area contributed by atoms with Crippen LogP contribution in [0.4, 0.5) is 0 Å². The molecule has 120 valence electrons. The predicted octanol–water partition coefficient (Wildman–Crippen LogP) is 2.62. The number of rotatable bonds is 4. The SMILES string of the molecule is CC(C(=O)OC(C)(C)C)N(C(=O)CCl)C(=O)c1ccccc1. The first-order chi connectivity index (χ1) is 10.2. The number of halogens is 1. The monoisotopic (exact) mass is 325 g/mol. The summed E-state index contributed by atoms with van der Waals surface area (Å²) in [4.78, 5) is 37.5. The van der Waals surface area contributed by atoms with Gasteiger partial charge in [-0.2, -0.15) is 0 Å². The van der Waals surface area contributed by atoms with Crippen molar-refractivity contribution in [3.8, 4) is 0 Å². The zero-order valence-electron chi connectivity index (χ0n) is 13.1. The highest BCUT2D eigenvalue weighted by molar-refractivity contribution is 6.29. The second-order valence-corrected chi connectivity index (χ2v) is 6.05. The Morgan fingerprint density at radius 3 is 2.18 bits per heavy atom. The number of carbonyl (C=O) groups is 3. The van der Waals surface area contributed by atoms with Gasteiger partial charge in [-0.05, 0) is 39.8 Å². The maximum absolute atomic E-state index is 12.5. The first-order valence-electron chi connectivity index (χ1n) is 6.87. The largest absolute Gasteiger partial charge is 0.458 e. The fourth-order valence-electron chi connectivity index (χ4n) is 1.78. The van der Waals surface area contributed by atoms with E-state index in [1.165, 1.54) is 6.92 Å². The highest BCUT2D eigenvalue weighted by Gasteiger charge is 2.34. The van der Waals surface area contributed by atoms with Crippen LogP contribution in [-0.4, -0.2) is 40.2 Å². The predicted molar refractivity (Wildman–Crippen MR) is 83.6 cm³/mol. The van der Waals surface area contributed by atoms with E-state index >= 15 is 0 Å². The number of ether oxygens (including phenoxy) is 1. The normalized spacial score (nSPS) is 12.4. The van der Waals surface area contributed by atoms with E-state index in [1.807, 2.05) is 0 Å². The van der Waals surface area contributed by atoms with E-state index in [0.29, 0.717) is 5.56 Å². The van der Waals surface area contributed by atoms with Crippen LogP contribution in [0.15, 0.2) is 30.3 Å². The van der Waals surface area contributed by atoms with Crippen molar-refractivity contribution in [2.24, 2.45) is 0 Å². The first-order valence-corrected chi connectivity index (χ1v) is 7.41. The van der Waals surface area contributed by atoms with Crippen molar-refractivity contribution >= 4 is 29.4 Å². The Morgan fingerprint density at radius 2 is 1.73 bits per heavy atom. The lowest BCUT2D eigenvalue weighted by Gasteiger charge is -2.28. The van der Waals surface area contributed by atoms with Crippen LogP contribution in [0.25, 0.3) is 0 Å². The standard InChI is InChI=1S/C16H20ClNO4/c1-11(15(21)22-16(2,3)4)18(13(19)10-17)14(20)12-8-6-5-7-9-12/h5-9,11H,10H2,1-4H3. The van der Waals surface area contributed by atoms with Gasteiger partial charge >= 0.3 is 5.97 Å². The van der Waals surface area contributed by atoms with Gasteiger partial charge in [-0.1, -0.05) is 18.2 Å². The van der Waals surface area contributed by atoms with Gasteiger partial charge in [-0.15, -0.1) is 11.6 Å². The summed E-state index contributed by atoms with van der Waals surface area (Å²) < 4.78 is 5.23. The Bertz CT molecular complexity index is 551. The molecule has 1 aromatic carbocycles. The summed E-state index contributed by atoms with van der Waals surface area (Å²) in [5, 5.41) is 0. The molecule has 0 aliphatic rings. The molecule has 0 spiro atoms. The lowest BCUT2D eigenvalue weighted by atomic mass is 10.1. The van der Waals surface area contributed by atoms with Crippen LogP contribution in [0.5, 0.6) is 0 Å². The Hall–Kier alpha value is -1.88. The van der Waals surface area contributed by atoms with Crippen LogP contribution in [0.2, 0.25) is 0 Å². The second kappa shape index (κ2) is 7.40. The van der Waals surface area contributed by atoms with Gasteiger partial charge in [-0.25, -0.2) is 4.79 Å². The van der Waals surface area contributed by atoms with Gasteiger partial charge < -0.3 is 4.74 Å². The summed E-state index contributed by atoms with van der Waals surface area (Å²) in [6, 6.07) is 7.18. The summed E-state index contributed by atoms with van der Waals surface area (Å²) in [6.45, 7) is 6.58. The van der Waals surface area contributed by atoms with Gasteiger partial charge in [0, 0.05) is 5.56 Å². The summed E-state index contributed by atoms with van der Waals surface area (Å²) >= 11 is 5.56. The van der Waals surface area contributed by atoms with Crippen LogP contribution in [0, 0.1) is 0 Å². The highest BCUT2D eigenvalue weighted by atomic mass is 35.5. The topological polar surface area (TPSA) is 63.7 Å². The third kappa shape index (κ3) is 4.84. The molecule has 5 nitrogen and oxygen atoms in total. The van der Waals surface area contributed by atoms with Gasteiger partial charge in [0.2, 0.25) is 5.91 Å². The Labute approximate surface area is 135 Å². The van der Waals surface area contributed by atoms with Crippen LogP contribution in [0.1, 0.15) is 38.1 Å². The molecule has 0 N–H and O–H groups in total. The maximum atomic E-state index is 12.5. The minimum atomic E-state index is -1.06. The molecule has 1 unspecified atom stereocenters. The Kier molecular flexibility index (Phi) is 6.11. The number of alkyl halides is 1. The molecule has 0 saturated carbocycles. The number of hydrogen-bond acceptors (Lipinski definition) is 4. The van der Waals surface area contributed by atoms with Crippen molar-refractivity contribution in [2.75, 3.05) is 5.88 Å². The van der Waals surface area contributed by atoms with E-state index in [1.54, 1.807) is 51.1 Å². The van der Waals surface area contributed by atoms with E-state index in [9.17, 15) is 14.4 Å². The van der Waals surface area contributed by atoms with Crippen molar-refractivity contribution in [2.45, 2.75) is 39.3 Å². The van der Waals surface area contributed by atoms with Crippen molar-refractivity contribution < 1.29 is 19.1 Å². The van der Waals surface area contributed by atoms with Crippen molar-refractivity contribution in [1.82, 2.24) is 4.90 Å². The van der Waals surface area contributed by atoms with Gasteiger partial charge in [0.1, 0.15) is 17.5 Å². The van der Waals surface area contributed by atoms with E-state index < -0.39 is 35.3 Å². The lowest BCUT2D eigenvalue weighted by molar-refractivity contribution is -0.162. The summed E-state index contributed by atoms with van der Waals surface area (Å²) in [5.74, 6) is -2.28. The Morgan fingerprint density at radius 1 is 1.18 bits per heavy atom. The molecule has 0 radical (unpaired) electrons. The van der Waals surface area contributed by atoms with Gasteiger partial charge in [0.15, 0.2) is 0 Å². The second-order valence-electron chi connectivity index (χ2n) is 5.78. The molecule has 1 rings (SSSR count). The fraction of sp³-hybridized carbons (Fsp3) is 0.438. The third-order valence-corrected chi connectivity index (χ3v) is 2.99. The Balaban J connectivity index is 3.06. The van der Waals surface area contributed by atoms with Gasteiger partial charge in [0.05, 0.1) is 0 Å². The number of nitrogens with zero attached hydrogens (tertiary/aromatic N) is 1. The molecule has 1 atom stereocenters. The summed E-state index contributed by atoms with van der Waals surface area (Å²) in [7, 11) is 0. The number of hydrogen-bond donors (Lipinski definition) is 0. The molecule has 0 fully saturated rings. The fourth-order valence-corrected chi connectivity index (χ4v) is 1.91. The number of imide groups is 1. The molecule has 22 heavy (non-hydrogen) atoms. The molecule has 0 aromatic heterocycles. The molecule has 0 aliphatic carbocycles. The molecule has 6 heteroatoms. The molecular weight excluding hydrogens is 306 g/mol. The molecule has 0 aliphatic heterocycles. The van der Waals surface area contributed by atoms with E-state index in [-0.39, 0.29) is 0 Å². The minimum Gasteiger partial charge on any atom is -0.458 e. The van der Waals surface area contributed by atoms with Crippen molar-refractivity contribution in [3.63, 3.8) is 0 Å². The highest BCUT2D eigenvalue weighted by Crippen LogP contribution is 2.15. The van der Waals surface area contributed by atoms with Crippen LogP contribution < -0.4 is 0 Å². The average Bonchev–Trinajstić information content (AvgIpc) is 2.46. The van der Waals surface area contributed by atoms with E-state index in [0.717, 1.165) is 4.90 Å². The summed E-state index contributed by atoms with van der Waals surface area (Å²) in [5.41, 5.74) is -0.409. The number of amides is 2. The number of esters is 1. The average molecular weight is 326 g/mol.